The minimum Gasteiger partial charge on any atom is -0.365 e. The quantitative estimate of drug-likeness (QED) is 0.569. The van der Waals surface area contributed by atoms with Gasteiger partial charge >= 0.3 is 0 Å². The van der Waals surface area contributed by atoms with Gasteiger partial charge in [0.15, 0.2) is 5.82 Å². The van der Waals surface area contributed by atoms with Crippen LogP contribution >= 0.6 is 0 Å². The molecular weight excluding hydrogens is 392 g/mol. The zero-order valence-corrected chi connectivity index (χ0v) is 17.6. The first kappa shape index (κ1) is 19.8. The van der Waals surface area contributed by atoms with Crippen molar-refractivity contribution in [3.05, 3.63) is 52.5 Å². The third-order valence-electron chi connectivity index (χ3n) is 6.57. The van der Waals surface area contributed by atoms with Crippen molar-refractivity contribution in [3.8, 4) is 0 Å². The molecule has 1 aliphatic heterocycles. The van der Waals surface area contributed by atoms with Crippen LogP contribution in [0.2, 0.25) is 0 Å². The number of fused-ring (bicyclic) bond motifs is 2. The molecule has 5 rings (SSSR count). The van der Waals surface area contributed by atoms with Crippen LogP contribution in [0, 0.1) is 5.92 Å². The zero-order valence-electron chi connectivity index (χ0n) is 17.6. The summed E-state index contributed by atoms with van der Waals surface area (Å²) in [6.07, 6.45) is 12.8. The molecule has 1 aliphatic carbocycles. The second-order valence-electron chi connectivity index (χ2n) is 8.69. The number of rotatable bonds is 6. The van der Waals surface area contributed by atoms with Crippen molar-refractivity contribution in [1.29, 1.82) is 0 Å². The van der Waals surface area contributed by atoms with Gasteiger partial charge in [0.05, 0.1) is 6.54 Å². The van der Waals surface area contributed by atoms with E-state index in [9.17, 15) is 9.59 Å². The molecule has 8 nitrogen and oxygen atoms in total. The van der Waals surface area contributed by atoms with E-state index in [1.54, 1.807) is 23.2 Å². The highest BCUT2D eigenvalue weighted by Gasteiger charge is 2.30. The first-order valence-corrected chi connectivity index (χ1v) is 11.2. The molecule has 0 bridgehead atoms. The van der Waals surface area contributed by atoms with E-state index in [1.165, 1.54) is 32.1 Å². The van der Waals surface area contributed by atoms with Gasteiger partial charge in [-0.05, 0) is 43.7 Å². The fourth-order valence-corrected chi connectivity index (χ4v) is 4.87. The SMILES string of the molecule is O=C(NCc1cc2cnccc2[nH]1)[C@@H]1CCc2cnc(NCC3CCCCC3)c(=O)n21. The highest BCUT2D eigenvalue weighted by atomic mass is 16.2. The summed E-state index contributed by atoms with van der Waals surface area (Å²) in [6.45, 7) is 1.15. The van der Waals surface area contributed by atoms with Gasteiger partial charge in [0.1, 0.15) is 6.04 Å². The van der Waals surface area contributed by atoms with E-state index in [-0.39, 0.29) is 11.5 Å². The smallest absolute Gasteiger partial charge is 0.294 e. The van der Waals surface area contributed by atoms with Crippen LogP contribution in [-0.2, 0) is 17.8 Å². The maximum Gasteiger partial charge on any atom is 0.294 e. The summed E-state index contributed by atoms with van der Waals surface area (Å²) in [5.41, 5.74) is 2.53. The topological polar surface area (TPSA) is 105 Å². The van der Waals surface area contributed by atoms with Gasteiger partial charge in [-0.1, -0.05) is 19.3 Å². The molecule has 3 aromatic heterocycles. The van der Waals surface area contributed by atoms with Gasteiger partial charge in [-0.15, -0.1) is 0 Å². The van der Waals surface area contributed by atoms with Crippen LogP contribution in [0.1, 0.15) is 56.0 Å². The summed E-state index contributed by atoms with van der Waals surface area (Å²) in [5, 5.41) is 7.25. The lowest BCUT2D eigenvalue weighted by molar-refractivity contribution is -0.124. The van der Waals surface area contributed by atoms with Gasteiger partial charge in [-0.3, -0.25) is 19.1 Å². The van der Waals surface area contributed by atoms with Gasteiger partial charge in [-0.2, -0.15) is 0 Å². The molecule has 0 spiro atoms. The Morgan fingerprint density at radius 3 is 2.90 bits per heavy atom. The molecule has 31 heavy (non-hydrogen) atoms. The Labute approximate surface area is 180 Å². The van der Waals surface area contributed by atoms with Crippen molar-refractivity contribution in [1.82, 2.24) is 24.8 Å². The predicted molar refractivity (Wildman–Crippen MR) is 119 cm³/mol. The van der Waals surface area contributed by atoms with Crippen LogP contribution in [0.3, 0.4) is 0 Å². The Morgan fingerprint density at radius 2 is 2.06 bits per heavy atom. The normalized spacial score (nSPS) is 18.8. The predicted octanol–water partition coefficient (Wildman–Crippen LogP) is 2.92. The van der Waals surface area contributed by atoms with Crippen molar-refractivity contribution in [2.45, 2.75) is 57.5 Å². The summed E-state index contributed by atoms with van der Waals surface area (Å²) in [7, 11) is 0. The van der Waals surface area contributed by atoms with Gasteiger partial charge < -0.3 is 15.6 Å². The van der Waals surface area contributed by atoms with E-state index in [0.29, 0.717) is 31.1 Å². The van der Waals surface area contributed by atoms with Crippen LogP contribution in [0.4, 0.5) is 5.82 Å². The number of amides is 1. The molecule has 4 heterocycles. The Morgan fingerprint density at radius 1 is 1.19 bits per heavy atom. The van der Waals surface area contributed by atoms with Crippen molar-refractivity contribution in [2.75, 3.05) is 11.9 Å². The number of carbonyl (C=O) groups is 1. The van der Waals surface area contributed by atoms with E-state index in [4.69, 9.17) is 0 Å². The number of carbonyl (C=O) groups excluding carboxylic acids is 1. The van der Waals surface area contributed by atoms with Crippen LogP contribution in [0.15, 0.2) is 35.5 Å². The highest BCUT2D eigenvalue weighted by molar-refractivity contribution is 5.82. The van der Waals surface area contributed by atoms with Crippen LogP contribution in [0.25, 0.3) is 10.9 Å². The van der Waals surface area contributed by atoms with Crippen molar-refractivity contribution >= 4 is 22.6 Å². The number of pyridine rings is 1. The number of hydrogen-bond donors (Lipinski definition) is 3. The molecule has 0 radical (unpaired) electrons. The molecule has 0 unspecified atom stereocenters. The molecule has 1 amide bonds. The Kier molecular flexibility index (Phi) is 5.44. The summed E-state index contributed by atoms with van der Waals surface area (Å²) in [5.74, 6) is 0.818. The molecule has 0 saturated heterocycles. The average molecular weight is 421 g/mol. The molecule has 0 aromatic carbocycles. The molecule has 1 atom stereocenters. The van der Waals surface area contributed by atoms with E-state index < -0.39 is 6.04 Å². The maximum absolute atomic E-state index is 13.1. The van der Waals surface area contributed by atoms with E-state index in [2.05, 4.69) is 25.6 Å². The molecule has 3 N–H and O–H groups in total. The third kappa shape index (κ3) is 4.06. The van der Waals surface area contributed by atoms with Crippen LogP contribution < -0.4 is 16.2 Å². The van der Waals surface area contributed by atoms with E-state index >= 15 is 0 Å². The fourth-order valence-electron chi connectivity index (χ4n) is 4.87. The molecule has 1 saturated carbocycles. The Bertz CT molecular complexity index is 1110. The standard InChI is InChI=1S/C23H28N6O2/c30-22(27-13-17-10-16-12-24-9-8-19(16)28-17)20-7-6-18-14-26-21(23(31)29(18)20)25-11-15-4-2-1-3-5-15/h8-10,12,14-15,20,28H,1-7,11,13H2,(H,25,26)(H,27,30)/t20-/m0/s1. The lowest BCUT2D eigenvalue weighted by Gasteiger charge is -2.22. The van der Waals surface area contributed by atoms with Crippen molar-refractivity contribution in [2.24, 2.45) is 5.92 Å². The van der Waals surface area contributed by atoms with Gasteiger partial charge in [0.2, 0.25) is 5.91 Å². The van der Waals surface area contributed by atoms with Crippen molar-refractivity contribution < 1.29 is 4.79 Å². The largest absolute Gasteiger partial charge is 0.365 e. The Balaban J connectivity index is 1.27. The lowest BCUT2D eigenvalue weighted by atomic mass is 9.89. The second-order valence-corrected chi connectivity index (χ2v) is 8.69. The zero-order chi connectivity index (χ0) is 21.2. The Hall–Kier alpha value is -3.16. The number of aromatic amines is 1. The number of nitrogens with zero attached hydrogens (tertiary/aromatic N) is 3. The molecule has 3 aromatic rings. The average Bonchev–Trinajstić information content (AvgIpc) is 3.42. The number of H-pyrrole nitrogens is 1. The number of aryl methyl sites for hydroxylation is 1. The monoisotopic (exact) mass is 420 g/mol. The number of hydrogen-bond acceptors (Lipinski definition) is 5. The van der Waals surface area contributed by atoms with Crippen LogP contribution in [-0.4, -0.2) is 32.0 Å². The molecule has 2 aliphatic rings. The van der Waals surface area contributed by atoms with E-state index in [0.717, 1.165) is 28.8 Å². The van der Waals surface area contributed by atoms with Gasteiger partial charge in [0, 0.05) is 47.4 Å². The minimum atomic E-state index is -0.494. The first-order chi connectivity index (χ1) is 15.2. The first-order valence-electron chi connectivity index (χ1n) is 11.2. The minimum absolute atomic E-state index is 0.137. The van der Waals surface area contributed by atoms with E-state index in [1.807, 2.05) is 12.1 Å². The van der Waals surface area contributed by atoms with Gasteiger partial charge in [-0.25, -0.2) is 4.98 Å². The second kappa shape index (κ2) is 8.53. The highest BCUT2D eigenvalue weighted by Crippen LogP contribution is 2.26. The summed E-state index contributed by atoms with van der Waals surface area (Å²) < 4.78 is 1.63. The third-order valence-corrected chi connectivity index (χ3v) is 6.57. The van der Waals surface area contributed by atoms with Gasteiger partial charge in [0.25, 0.3) is 5.56 Å². The molecule has 162 valence electrons. The number of nitrogens with one attached hydrogen (secondary N) is 3. The molecule has 1 fully saturated rings. The lowest BCUT2D eigenvalue weighted by Crippen LogP contribution is -2.36. The molecule has 8 heteroatoms. The molecular formula is C23H28N6O2. The fraction of sp³-hybridized carbons (Fsp3) is 0.478. The summed E-state index contributed by atoms with van der Waals surface area (Å²) >= 11 is 0. The maximum atomic E-state index is 13.1. The number of anilines is 1. The summed E-state index contributed by atoms with van der Waals surface area (Å²) in [4.78, 5) is 37.8. The van der Waals surface area contributed by atoms with Crippen LogP contribution in [0.5, 0.6) is 0 Å². The summed E-state index contributed by atoms with van der Waals surface area (Å²) in [6, 6.07) is 3.39. The van der Waals surface area contributed by atoms with Crippen molar-refractivity contribution in [3.63, 3.8) is 0 Å². The number of aromatic nitrogens is 4.